The first-order valence-electron chi connectivity index (χ1n) is 14.5. The Morgan fingerprint density at radius 2 is 1.79 bits per heavy atom. The minimum absolute atomic E-state index is 0.168. The summed E-state index contributed by atoms with van der Waals surface area (Å²) in [5, 5.41) is 0.452. The van der Waals surface area contributed by atoms with Crippen molar-refractivity contribution in [3.8, 4) is 5.75 Å². The standard InChI is InChI=1S/C34H32ClN3O4S/c1-3-42-33(40)29-30(23-10-6-4-7-11-23)36-34-38(31(29)26-21-24(35)14-17-27(26)41-2)32(39)28(43-34)20-22-12-15-25(16-13-22)37-18-8-5-9-19-37/h4,6-7,10-17,20-21,31H,3,5,8-9,18-19H2,1-2H3/b28-20-/t31-/m0/s1. The van der Waals surface area contributed by atoms with Crippen LogP contribution in [0, 0.1) is 0 Å². The number of halogens is 1. The van der Waals surface area contributed by atoms with Crippen LogP contribution < -0.4 is 24.5 Å². The first-order valence-corrected chi connectivity index (χ1v) is 15.6. The van der Waals surface area contributed by atoms with E-state index in [1.165, 1.54) is 36.3 Å². The van der Waals surface area contributed by atoms with Crippen molar-refractivity contribution in [3.05, 3.63) is 120 Å². The predicted molar refractivity (Wildman–Crippen MR) is 172 cm³/mol. The van der Waals surface area contributed by atoms with E-state index in [-0.39, 0.29) is 17.7 Å². The van der Waals surface area contributed by atoms with Crippen LogP contribution in [0.5, 0.6) is 5.75 Å². The van der Waals surface area contributed by atoms with E-state index >= 15 is 0 Å². The molecule has 0 spiro atoms. The summed E-state index contributed by atoms with van der Waals surface area (Å²) in [7, 11) is 1.55. The largest absolute Gasteiger partial charge is 0.496 e. The highest BCUT2D eigenvalue weighted by Gasteiger charge is 2.36. The quantitative estimate of drug-likeness (QED) is 0.254. The number of aromatic nitrogens is 1. The molecule has 6 rings (SSSR count). The van der Waals surface area contributed by atoms with Crippen LogP contribution in [0.15, 0.2) is 88.2 Å². The second-order valence-electron chi connectivity index (χ2n) is 10.5. The average Bonchev–Trinajstić information content (AvgIpc) is 3.35. The Balaban J connectivity index is 1.56. The molecule has 2 aliphatic heterocycles. The zero-order valence-electron chi connectivity index (χ0n) is 24.1. The first kappa shape index (κ1) is 29.0. The van der Waals surface area contributed by atoms with E-state index in [1.807, 2.05) is 48.5 Å². The number of fused-ring (bicyclic) bond motifs is 1. The lowest BCUT2D eigenvalue weighted by Crippen LogP contribution is -2.40. The molecule has 0 N–H and O–H groups in total. The molecule has 0 bridgehead atoms. The van der Waals surface area contributed by atoms with Gasteiger partial charge in [-0.2, -0.15) is 0 Å². The van der Waals surface area contributed by atoms with Gasteiger partial charge in [-0.05, 0) is 68.2 Å². The van der Waals surface area contributed by atoms with Gasteiger partial charge in [0.05, 0.1) is 29.5 Å². The predicted octanol–water partition coefficient (Wildman–Crippen LogP) is 5.59. The molecule has 0 unspecified atom stereocenters. The maximum absolute atomic E-state index is 14.2. The van der Waals surface area contributed by atoms with E-state index in [9.17, 15) is 9.59 Å². The van der Waals surface area contributed by atoms with Crippen LogP contribution >= 0.6 is 22.9 Å². The average molecular weight is 614 g/mol. The van der Waals surface area contributed by atoms with Crippen molar-refractivity contribution in [2.75, 3.05) is 31.7 Å². The Morgan fingerprint density at radius 1 is 1.05 bits per heavy atom. The summed E-state index contributed by atoms with van der Waals surface area (Å²) < 4.78 is 13.3. The van der Waals surface area contributed by atoms with Gasteiger partial charge in [-0.25, -0.2) is 9.79 Å². The lowest BCUT2D eigenvalue weighted by atomic mass is 9.92. The third-order valence-electron chi connectivity index (χ3n) is 7.77. The molecule has 7 nitrogen and oxygen atoms in total. The number of ether oxygens (including phenoxy) is 2. The highest BCUT2D eigenvalue weighted by Crippen LogP contribution is 2.39. The monoisotopic (exact) mass is 613 g/mol. The van der Waals surface area contributed by atoms with Gasteiger partial charge >= 0.3 is 5.97 Å². The van der Waals surface area contributed by atoms with Crippen molar-refractivity contribution < 1.29 is 14.3 Å². The number of rotatable bonds is 7. The van der Waals surface area contributed by atoms with E-state index in [2.05, 4.69) is 17.0 Å². The molecule has 3 heterocycles. The van der Waals surface area contributed by atoms with Crippen molar-refractivity contribution in [1.82, 2.24) is 4.57 Å². The van der Waals surface area contributed by atoms with Gasteiger partial charge in [0, 0.05) is 34.9 Å². The minimum atomic E-state index is -0.872. The Labute approximate surface area is 259 Å². The second-order valence-corrected chi connectivity index (χ2v) is 11.9. The van der Waals surface area contributed by atoms with E-state index in [0.717, 1.165) is 24.2 Å². The molecule has 220 valence electrons. The number of methoxy groups -OCH3 is 1. The Hall–Kier alpha value is -4.14. The van der Waals surface area contributed by atoms with Gasteiger partial charge in [0.1, 0.15) is 11.8 Å². The van der Waals surface area contributed by atoms with Crippen LogP contribution in [0.25, 0.3) is 11.8 Å². The van der Waals surface area contributed by atoms with Crippen LogP contribution in [0.3, 0.4) is 0 Å². The zero-order chi connectivity index (χ0) is 29.9. The van der Waals surface area contributed by atoms with Gasteiger partial charge in [0.2, 0.25) is 0 Å². The molecule has 0 saturated carbocycles. The molecular weight excluding hydrogens is 582 g/mol. The maximum atomic E-state index is 14.2. The third kappa shape index (κ3) is 5.77. The lowest BCUT2D eigenvalue weighted by molar-refractivity contribution is -0.138. The van der Waals surface area contributed by atoms with Gasteiger partial charge in [0.25, 0.3) is 5.56 Å². The van der Waals surface area contributed by atoms with Gasteiger partial charge < -0.3 is 14.4 Å². The summed E-state index contributed by atoms with van der Waals surface area (Å²) in [6, 6.07) is 22.1. The molecule has 0 amide bonds. The molecule has 1 saturated heterocycles. The molecule has 3 aromatic carbocycles. The summed E-state index contributed by atoms with van der Waals surface area (Å²) in [5.74, 6) is -0.0619. The summed E-state index contributed by atoms with van der Waals surface area (Å²) >= 11 is 7.77. The van der Waals surface area contributed by atoms with Gasteiger partial charge in [-0.3, -0.25) is 9.36 Å². The summed E-state index contributed by atoms with van der Waals surface area (Å²) in [6.45, 7) is 4.05. The molecule has 4 aromatic rings. The number of hydrogen-bond acceptors (Lipinski definition) is 7. The fourth-order valence-electron chi connectivity index (χ4n) is 5.74. The smallest absolute Gasteiger partial charge is 0.338 e. The number of piperidine rings is 1. The number of nitrogens with zero attached hydrogens (tertiary/aromatic N) is 3. The fourth-order valence-corrected chi connectivity index (χ4v) is 6.92. The molecular formula is C34H32ClN3O4S. The molecule has 9 heteroatoms. The molecule has 0 radical (unpaired) electrons. The normalized spacial score (nSPS) is 17.0. The van der Waals surface area contributed by atoms with E-state index in [1.54, 1.807) is 36.8 Å². The molecule has 2 aliphatic rings. The molecule has 1 aromatic heterocycles. The van der Waals surface area contributed by atoms with Gasteiger partial charge in [-0.1, -0.05) is 65.4 Å². The highest BCUT2D eigenvalue weighted by atomic mass is 35.5. The van der Waals surface area contributed by atoms with Crippen molar-refractivity contribution >= 4 is 46.4 Å². The molecule has 0 aliphatic carbocycles. The van der Waals surface area contributed by atoms with Crippen molar-refractivity contribution in [2.24, 2.45) is 4.99 Å². The minimum Gasteiger partial charge on any atom is -0.496 e. The number of anilines is 1. The number of carbonyl (C=O) groups is 1. The number of thiazole rings is 1. The first-order chi connectivity index (χ1) is 21.0. The molecule has 1 fully saturated rings. The summed E-state index contributed by atoms with van der Waals surface area (Å²) in [6.07, 6.45) is 5.58. The number of hydrogen-bond donors (Lipinski definition) is 0. The number of esters is 1. The Bertz CT molecular complexity index is 1860. The van der Waals surface area contributed by atoms with E-state index in [4.69, 9.17) is 26.1 Å². The number of benzene rings is 3. The van der Waals surface area contributed by atoms with Gasteiger partial charge in [0.15, 0.2) is 4.80 Å². The van der Waals surface area contributed by atoms with Crippen LogP contribution in [0.2, 0.25) is 5.02 Å². The van der Waals surface area contributed by atoms with Crippen LogP contribution in [0.1, 0.15) is 48.9 Å². The van der Waals surface area contributed by atoms with Crippen molar-refractivity contribution in [2.45, 2.75) is 32.2 Å². The topological polar surface area (TPSA) is 73.1 Å². The van der Waals surface area contributed by atoms with Crippen molar-refractivity contribution in [1.29, 1.82) is 0 Å². The summed E-state index contributed by atoms with van der Waals surface area (Å²) in [5.41, 5.74) is 3.85. The highest BCUT2D eigenvalue weighted by molar-refractivity contribution is 7.07. The van der Waals surface area contributed by atoms with Crippen LogP contribution in [-0.2, 0) is 9.53 Å². The zero-order valence-corrected chi connectivity index (χ0v) is 25.7. The lowest BCUT2D eigenvalue weighted by Gasteiger charge is -2.28. The molecule has 43 heavy (non-hydrogen) atoms. The van der Waals surface area contributed by atoms with Crippen LogP contribution in [-0.4, -0.2) is 37.3 Å². The molecule has 1 atom stereocenters. The Kier molecular flexibility index (Phi) is 8.49. The SMILES string of the molecule is CCOC(=O)C1=C(c2ccccc2)N=c2s/c(=C\c3ccc(N4CCCCC4)cc3)c(=O)n2[C@H]1c1cc(Cl)ccc1OC. The van der Waals surface area contributed by atoms with E-state index in [0.29, 0.717) is 31.4 Å². The Morgan fingerprint density at radius 3 is 2.49 bits per heavy atom. The third-order valence-corrected chi connectivity index (χ3v) is 8.99. The van der Waals surface area contributed by atoms with Crippen LogP contribution in [0.4, 0.5) is 5.69 Å². The van der Waals surface area contributed by atoms with Crippen molar-refractivity contribution in [3.63, 3.8) is 0 Å². The number of carbonyl (C=O) groups excluding carboxylic acids is 1. The fraction of sp³-hybridized carbons (Fsp3) is 0.265. The maximum Gasteiger partial charge on any atom is 0.338 e. The summed E-state index contributed by atoms with van der Waals surface area (Å²) in [4.78, 5) is 35.7. The van der Waals surface area contributed by atoms with Gasteiger partial charge in [-0.15, -0.1) is 0 Å². The van der Waals surface area contributed by atoms with E-state index < -0.39 is 12.0 Å². The second kappa shape index (κ2) is 12.6.